The second-order valence-corrected chi connectivity index (χ2v) is 7.52. The molecule has 2 aromatic carbocycles. The maximum atomic E-state index is 9.98. The van der Waals surface area contributed by atoms with Crippen LogP contribution in [0.25, 0.3) is 22.4 Å². The molecule has 1 aliphatic rings. The van der Waals surface area contributed by atoms with E-state index in [1.54, 1.807) is 12.3 Å². The molecule has 0 aliphatic carbocycles. The quantitative estimate of drug-likeness (QED) is 0.438. The minimum Gasteiger partial charge on any atom is -0.504 e. The lowest BCUT2D eigenvalue weighted by molar-refractivity contribution is 0.351. The molecule has 1 saturated heterocycles. The molecule has 2 aromatic heterocycles. The van der Waals surface area contributed by atoms with Crippen molar-refractivity contribution in [2.24, 2.45) is 0 Å². The Balaban J connectivity index is 1.38. The Labute approximate surface area is 179 Å². The van der Waals surface area contributed by atoms with Gasteiger partial charge >= 0.3 is 0 Å². The summed E-state index contributed by atoms with van der Waals surface area (Å²) in [6, 6.07) is 13.4. The van der Waals surface area contributed by atoms with Gasteiger partial charge in [0.2, 0.25) is 5.75 Å². The highest BCUT2D eigenvalue weighted by molar-refractivity contribution is 5.83. The first-order valence-electron chi connectivity index (χ1n) is 10.1. The number of nitrogens with one attached hydrogen (secondary N) is 1. The van der Waals surface area contributed by atoms with Gasteiger partial charge < -0.3 is 29.7 Å². The van der Waals surface area contributed by atoms with E-state index in [1.165, 1.54) is 13.2 Å². The molecule has 3 heterocycles. The maximum absolute atomic E-state index is 9.98. The van der Waals surface area contributed by atoms with Crippen molar-refractivity contribution in [1.82, 2.24) is 15.0 Å². The van der Waals surface area contributed by atoms with E-state index in [4.69, 9.17) is 9.72 Å². The molecule has 158 valence electrons. The number of ether oxygens (including phenoxy) is 1. The zero-order chi connectivity index (χ0) is 21.4. The maximum Gasteiger partial charge on any atom is 0.200 e. The number of benzene rings is 2. The smallest absolute Gasteiger partial charge is 0.200 e. The van der Waals surface area contributed by atoms with Crippen molar-refractivity contribution in [2.45, 2.75) is 0 Å². The average Bonchev–Trinajstić information content (AvgIpc) is 3.25. The predicted octanol–water partition coefficient (Wildman–Crippen LogP) is 3.37. The van der Waals surface area contributed by atoms with Gasteiger partial charge in [0, 0.05) is 43.6 Å². The minimum atomic E-state index is -0.282. The van der Waals surface area contributed by atoms with Crippen LogP contribution in [0.4, 0.5) is 11.4 Å². The molecule has 31 heavy (non-hydrogen) atoms. The molecule has 0 saturated carbocycles. The summed E-state index contributed by atoms with van der Waals surface area (Å²) >= 11 is 0. The first kappa shape index (κ1) is 19.0. The third kappa shape index (κ3) is 3.56. The summed E-state index contributed by atoms with van der Waals surface area (Å²) in [6.45, 7) is 3.70. The van der Waals surface area contributed by atoms with Crippen molar-refractivity contribution < 1.29 is 14.9 Å². The van der Waals surface area contributed by atoms with Gasteiger partial charge in [0.1, 0.15) is 5.82 Å². The Hall–Kier alpha value is -3.94. The van der Waals surface area contributed by atoms with E-state index in [0.717, 1.165) is 48.6 Å². The number of rotatable bonds is 4. The number of phenols is 2. The predicted molar refractivity (Wildman–Crippen MR) is 120 cm³/mol. The number of fused-ring (bicyclic) bond motifs is 1. The van der Waals surface area contributed by atoms with Crippen LogP contribution in [0.5, 0.6) is 17.2 Å². The fourth-order valence-corrected chi connectivity index (χ4v) is 3.98. The van der Waals surface area contributed by atoms with E-state index >= 15 is 0 Å². The molecule has 1 fully saturated rings. The van der Waals surface area contributed by atoms with E-state index in [2.05, 4.69) is 38.0 Å². The zero-order valence-corrected chi connectivity index (χ0v) is 17.1. The Morgan fingerprint density at radius 2 is 1.74 bits per heavy atom. The SMILES string of the molecule is COc1cc(-c2nc3cc(N4CCN(c5cccnc5)CC4)ccc3[nH]2)cc(O)c1O. The summed E-state index contributed by atoms with van der Waals surface area (Å²) in [5.74, 6) is 0.266. The Morgan fingerprint density at radius 1 is 0.968 bits per heavy atom. The monoisotopic (exact) mass is 417 g/mol. The van der Waals surface area contributed by atoms with Gasteiger partial charge in [-0.3, -0.25) is 4.98 Å². The lowest BCUT2D eigenvalue weighted by Gasteiger charge is -2.37. The van der Waals surface area contributed by atoms with Crippen LogP contribution in [0.2, 0.25) is 0 Å². The fourth-order valence-electron chi connectivity index (χ4n) is 3.98. The van der Waals surface area contributed by atoms with Crippen LogP contribution in [-0.4, -0.2) is 58.5 Å². The number of H-pyrrole nitrogens is 1. The second kappa shape index (κ2) is 7.71. The average molecular weight is 417 g/mol. The molecule has 0 amide bonds. The van der Waals surface area contributed by atoms with Gasteiger partial charge in [0.15, 0.2) is 11.5 Å². The van der Waals surface area contributed by atoms with Gasteiger partial charge in [0.05, 0.1) is 30.0 Å². The summed E-state index contributed by atoms with van der Waals surface area (Å²) in [6.07, 6.45) is 3.70. The van der Waals surface area contributed by atoms with Crippen LogP contribution in [0.15, 0.2) is 54.9 Å². The molecule has 0 unspecified atom stereocenters. The van der Waals surface area contributed by atoms with Crippen LogP contribution < -0.4 is 14.5 Å². The summed E-state index contributed by atoms with van der Waals surface area (Å²) in [5.41, 5.74) is 4.66. The number of hydrogen-bond acceptors (Lipinski definition) is 7. The third-order valence-corrected chi connectivity index (χ3v) is 5.67. The molecular weight excluding hydrogens is 394 g/mol. The van der Waals surface area contributed by atoms with Gasteiger partial charge in [-0.1, -0.05) is 0 Å². The lowest BCUT2D eigenvalue weighted by Crippen LogP contribution is -2.46. The van der Waals surface area contributed by atoms with Crippen molar-refractivity contribution in [2.75, 3.05) is 43.1 Å². The molecule has 8 heteroatoms. The van der Waals surface area contributed by atoms with E-state index in [1.807, 2.05) is 18.3 Å². The number of nitrogens with zero attached hydrogens (tertiary/aromatic N) is 4. The summed E-state index contributed by atoms with van der Waals surface area (Å²) in [7, 11) is 1.44. The van der Waals surface area contributed by atoms with E-state index in [0.29, 0.717) is 11.4 Å². The number of aromatic amines is 1. The topological polar surface area (TPSA) is 97.7 Å². The van der Waals surface area contributed by atoms with Gasteiger partial charge in [-0.2, -0.15) is 0 Å². The fraction of sp³-hybridized carbons (Fsp3) is 0.217. The van der Waals surface area contributed by atoms with Crippen LogP contribution in [0.1, 0.15) is 0 Å². The second-order valence-electron chi connectivity index (χ2n) is 7.52. The van der Waals surface area contributed by atoms with Crippen LogP contribution in [0.3, 0.4) is 0 Å². The van der Waals surface area contributed by atoms with E-state index in [-0.39, 0.29) is 17.2 Å². The largest absolute Gasteiger partial charge is 0.504 e. The summed E-state index contributed by atoms with van der Waals surface area (Å²) in [5, 5.41) is 19.8. The molecule has 0 spiro atoms. The Kier molecular flexibility index (Phi) is 4.74. The Morgan fingerprint density at radius 3 is 2.45 bits per heavy atom. The van der Waals surface area contributed by atoms with Gasteiger partial charge in [0.25, 0.3) is 0 Å². The molecule has 3 N–H and O–H groups in total. The summed E-state index contributed by atoms with van der Waals surface area (Å²) < 4.78 is 5.13. The number of methoxy groups -OCH3 is 1. The lowest BCUT2D eigenvalue weighted by atomic mass is 10.1. The molecule has 1 aliphatic heterocycles. The molecular formula is C23H23N5O3. The van der Waals surface area contributed by atoms with E-state index < -0.39 is 0 Å². The first-order chi connectivity index (χ1) is 15.1. The standard InChI is InChI=1S/C23H23N5O3/c1-31-21-12-15(11-20(29)22(21)30)23-25-18-5-4-16(13-19(18)26-23)27-7-9-28(10-8-27)17-3-2-6-24-14-17/h2-6,11-14,29-30H,7-10H2,1H3,(H,25,26). The normalized spacial score (nSPS) is 14.2. The summed E-state index contributed by atoms with van der Waals surface area (Å²) in [4.78, 5) is 16.9. The van der Waals surface area contributed by atoms with Gasteiger partial charge in [-0.25, -0.2) is 4.98 Å². The minimum absolute atomic E-state index is 0.197. The van der Waals surface area contributed by atoms with Crippen LogP contribution in [0, 0.1) is 0 Å². The highest BCUT2D eigenvalue weighted by Gasteiger charge is 2.19. The number of imidazole rings is 1. The highest BCUT2D eigenvalue weighted by atomic mass is 16.5. The molecule has 5 rings (SSSR count). The van der Waals surface area contributed by atoms with Crippen molar-refractivity contribution in [1.29, 1.82) is 0 Å². The number of pyridine rings is 1. The Bertz CT molecular complexity index is 1220. The van der Waals surface area contributed by atoms with Crippen molar-refractivity contribution in [3.63, 3.8) is 0 Å². The van der Waals surface area contributed by atoms with Crippen LogP contribution in [-0.2, 0) is 0 Å². The van der Waals surface area contributed by atoms with Crippen molar-refractivity contribution >= 4 is 22.4 Å². The number of aromatic nitrogens is 3. The molecule has 0 radical (unpaired) electrons. The number of piperazine rings is 1. The highest BCUT2D eigenvalue weighted by Crippen LogP contribution is 2.39. The van der Waals surface area contributed by atoms with Crippen LogP contribution >= 0.6 is 0 Å². The van der Waals surface area contributed by atoms with Gasteiger partial charge in [-0.15, -0.1) is 0 Å². The first-order valence-corrected chi connectivity index (χ1v) is 10.1. The molecule has 0 atom stereocenters. The van der Waals surface area contributed by atoms with Crippen molar-refractivity contribution in [3.8, 4) is 28.6 Å². The van der Waals surface area contributed by atoms with E-state index in [9.17, 15) is 10.2 Å². The zero-order valence-electron chi connectivity index (χ0n) is 17.1. The molecule has 8 nitrogen and oxygen atoms in total. The number of aromatic hydroxyl groups is 2. The van der Waals surface area contributed by atoms with Gasteiger partial charge in [-0.05, 0) is 42.5 Å². The van der Waals surface area contributed by atoms with Crippen molar-refractivity contribution in [3.05, 3.63) is 54.9 Å². The molecule has 4 aromatic rings. The third-order valence-electron chi connectivity index (χ3n) is 5.67. The molecule has 0 bridgehead atoms. The number of hydrogen-bond donors (Lipinski definition) is 3. The number of phenolic OH excluding ortho intramolecular Hbond substituents is 2. The number of anilines is 2.